The molecule has 0 saturated carbocycles. The molecule has 0 aliphatic heterocycles. The van der Waals surface area contributed by atoms with E-state index < -0.39 is 15.9 Å². The number of carbonyl (C=O) groups is 2. The molecule has 0 spiro atoms. The minimum absolute atomic E-state index is 0.0509. The molecule has 0 aliphatic carbocycles. The summed E-state index contributed by atoms with van der Waals surface area (Å²) in [5.74, 6) is -0.172. The zero-order chi connectivity index (χ0) is 28.1. The minimum Gasteiger partial charge on any atom is -0.497 e. The average molecular weight is 570 g/mol. The summed E-state index contributed by atoms with van der Waals surface area (Å²) >= 11 is 1.08. The lowest BCUT2D eigenvalue weighted by atomic mass is 10.1. The molecule has 1 amide bonds. The Morgan fingerprint density at radius 2 is 1.45 bits per heavy atom. The summed E-state index contributed by atoms with van der Waals surface area (Å²) in [6.07, 6.45) is 0. The molecule has 0 aliphatic rings. The highest BCUT2D eigenvalue weighted by Crippen LogP contribution is 2.33. The van der Waals surface area contributed by atoms with E-state index in [1.165, 1.54) is 25.3 Å². The summed E-state index contributed by atoms with van der Waals surface area (Å²) in [6.45, 7) is 0. The molecule has 0 atom stereocenters. The fourth-order valence-corrected chi connectivity index (χ4v) is 5.90. The van der Waals surface area contributed by atoms with Crippen molar-refractivity contribution in [1.82, 2.24) is 4.98 Å². The number of hydrogen-bond acceptors (Lipinski definition) is 7. The van der Waals surface area contributed by atoms with Crippen molar-refractivity contribution in [1.29, 1.82) is 0 Å². The number of benzene rings is 4. The topological polar surface area (TPSA) is 114 Å². The van der Waals surface area contributed by atoms with E-state index in [1.807, 2.05) is 36.4 Å². The Hall–Kier alpha value is -4.80. The fourth-order valence-electron chi connectivity index (χ4n) is 3.90. The second-order valence-electron chi connectivity index (χ2n) is 8.57. The van der Waals surface area contributed by atoms with E-state index in [4.69, 9.17) is 4.74 Å². The molecule has 0 fully saturated rings. The van der Waals surface area contributed by atoms with Crippen molar-refractivity contribution in [2.45, 2.75) is 4.90 Å². The van der Waals surface area contributed by atoms with Gasteiger partial charge >= 0.3 is 0 Å². The number of carbonyl (C=O) groups excluding carboxylic acids is 2. The summed E-state index contributed by atoms with van der Waals surface area (Å²) in [4.78, 5) is 31.5. The smallest absolute Gasteiger partial charge is 0.261 e. The van der Waals surface area contributed by atoms with Crippen molar-refractivity contribution >= 4 is 43.9 Å². The molecular weight excluding hydrogens is 546 g/mol. The van der Waals surface area contributed by atoms with Crippen LogP contribution in [0, 0.1) is 0 Å². The van der Waals surface area contributed by atoms with Gasteiger partial charge < -0.3 is 4.74 Å². The van der Waals surface area contributed by atoms with Gasteiger partial charge in [0.25, 0.3) is 15.9 Å². The van der Waals surface area contributed by atoms with E-state index in [9.17, 15) is 18.0 Å². The quantitative estimate of drug-likeness (QED) is 0.207. The Morgan fingerprint density at radius 3 is 2.12 bits per heavy atom. The zero-order valence-electron chi connectivity index (χ0n) is 21.2. The Labute approximate surface area is 235 Å². The number of sulfonamides is 1. The van der Waals surface area contributed by atoms with Crippen molar-refractivity contribution in [3.8, 4) is 17.0 Å². The van der Waals surface area contributed by atoms with E-state index in [2.05, 4.69) is 15.0 Å². The molecule has 8 nitrogen and oxygen atoms in total. The van der Waals surface area contributed by atoms with Gasteiger partial charge in [-0.05, 0) is 42.5 Å². The first-order valence-corrected chi connectivity index (χ1v) is 14.4. The van der Waals surface area contributed by atoms with Crippen LogP contribution in [-0.4, -0.2) is 32.2 Å². The SMILES string of the molecule is COc1ccc(S(=O)(=O)Nc2cccc(C(=O)Nc3nc(-c4ccccc4)c(C(=O)c4ccccc4)s3)c2)cc1. The van der Waals surface area contributed by atoms with Crippen LogP contribution in [0.1, 0.15) is 25.6 Å². The summed E-state index contributed by atoms with van der Waals surface area (Å²) in [6, 6.07) is 30.2. The molecule has 5 rings (SSSR count). The second-order valence-corrected chi connectivity index (χ2v) is 11.3. The number of methoxy groups -OCH3 is 1. The zero-order valence-corrected chi connectivity index (χ0v) is 22.8. The summed E-state index contributed by atoms with van der Waals surface area (Å²) in [7, 11) is -2.40. The van der Waals surface area contributed by atoms with Gasteiger partial charge in [-0.3, -0.25) is 19.6 Å². The predicted octanol–water partition coefficient (Wildman–Crippen LogP) is 6.10. The van der Waals surface area contributed by atoms with Gasteiger partial charge in [0.1, 0.15) is 10.6 Å². The third kappa shape index (κ3) is 5.93. The number of anilines is 2. The van der Waals surface area contributed by atoms with E-state index in [0.717, 1.165) is 16.9 Å². The van der Waals surface area contributed by atoms with Crippen LogP contribution in [0.4, 0.5) is 10.8 Å². The summed E-state index contributed by atoms with van der Waals surface area (Å²) in [5, 5.41) is 3.00. The Bertz CT molecular complexity index is 1770. The van der Waals surface area contributed by atoms with Gasteiger partial charge in [0.2, 0.25) is 5.78 Å². The number of aromatic nitrogens is 1. The lowest BCUT2D eigenvalue weighted by molar-refractivity contribution is 0.102. The van der Waals surface area contributed by atoms with E-state index in [-0.39, 0.29) is 27.1 Å². The normalized spacial score (nSPS) is 11.0. The summed E-state index contributed by atoms with van der Waals surface area (Å²) < 4.78 is 33.2. The van der Waals surface area contributed by atoms with E-state index in [0.29, 0.717) is 21.9 Å². The Morgan fingerprint density at radius 1 is 0.800 bits per heavy atom. The molecule has 5 aromatic rings. The molecule has 200 valence electrons. The van der Waals surface area contributed by atoms with Crippen LogP contribution in [0.15, 0.2) is 114 Å². The fraction of sp³-hybridized carbons (Fsp3) is 0.0333. The summed E-state index contributed by atoms with van der Waals surface area (Å²) in [5.41, 5.74) is 2.15. The number of ketones is 1. The van der Waals surface area contributed by atoms with Crippen molar-refractivity contribution in [3.05, 3.63) is 125 Å². The number of hydrogen-bond donors (Lipinski definition) is 2. The second kappa shape index (κ2) is 11.5. The van der Waals surface area contributed by atoms with Crippen LogP contribution >= 0.6 is 11.3 Å². The standard InChI is InChI=1S/C30H23N3O5S2/c1-38-24-15-17-25(18-16-24)40(36,37)33-23-14-8-13-22(19-23)29(35)32-30-31-26(20-9-4-2-5-10-20)28(39-30)27(34)21-11-6-3-7-12-21/h2-19,33H,1H3,(H,31,32,35). The lowest BCUT2D eigenvalue weighted by Gasteiger charge is -2.10. The molecular formula is C30H23N3O5S2. The number of ether oxygens (including phenoxy) is 1. The van der Waals surface area contributed by atoms with Crippen LogP contribution < -0.4 is 14.8 Å². The Kier molecular flexibility index (Phi) is 7.72. The number of nitrogens with one attached hydrogen (secondary N) is 2. The van der Waals surface area contributed by atoms with Crippen LogP contribution in [0.2, 0.25) is 0 Å². The first-order chi connectivity index (χ1) is 19.3. The third-order valence-corrected chi connectivity index (χ3v) is 8.25. The highest BCUT2D eigenvalue weighted by molar-refractivity contribution is 7.92. The molecule has 0 radical (unpaired) electrons. The minimum atomic E-state index is -3.89. The predicted molar refractivity (Wildman–Crippen MR) is 156 cm³/mol. The molecule has 0 saturated heterocycles. The number of rotatable bonds is 9. The maximum Gasteiger partial charge on any atom is 0.261 e. The maximum absolute atomic E-state index is 13.3. The largest absolute Gasteiger partial charge is 0.497 e. The highest BCUT2D eigenvalue weighted by atomic mass is 32.2. The van der Waals surface area contributed by atoms with Crippen molar-refractivity contribution in [2.75, 3.05) is 17.1 Å². The van der Waals surface area contributed by atoms with Gasteiger partial charge in [-0.2, -0.15) is 0 Å². The third-order valence-electron chi connectivity index (χ3n) is 5.88. The van der Waals surface area contributed by atoms with Crippen LogP contribution in [0.5, 0.6) is 5.75 Å². The molecule has 0 bridgehead atoms. The van der Waals surface area contributed by atoms with Gasteiger partial charge in [-0.25, -0.2) is 13.4 Å². The molecule has 1 aromatic heterocycles. The van der Waals surface area contributed by atoms with Crippen molar-refractivity contribution in [2.24, 2.45) is 0 Å². The van der Waals surface area contributed by atoms with Gasteiger partial charge in [0, 0.05) is 22.4 Å². The van der Waals surface area contributed by atoms with E-state index >= 15 is 0 Å². The molecule has 10 heteroatoms. The van der Waals surface area contributed by atoms with Crippen molar-refractivity contribution in [3.63, 3.8) is 0 Å². The van der Waals surface area contributed by atoms with Gasteiger partial charge in [0.15, 0.2) is 5.13 Å². The van der Waals surface area contributed by atoms with E-state index in [1.54, 1.807) is 54.6 Å². The molecule has 40 heavy (non-hydrogen) atoms. The van der Waals surface area contributed by atoms with Crippen molar-refractivity contribution < 1.29 is 22.7 Å². The van der Waals surface area contributed by atoms with Gasteiger partial charge in [-0.1, -0.05) is 78.1 Å². The molecule has 0 unspecified atom stereocenters. The first-order valence-electron chi connectivity index (χ1n) is 12.1. The molecule has 1 heterocycles. The van der Waals surface area contributed by atoms with Gasteiger partial charge in [0.05, 0.1) is 17.7 Å². The Balaban J connectivity index is 1.39. The number of amides is 1. The maximum atomic E-state index is 13.3. The molecule has 4 aromatic carbocycles. The first kappa shape index (κ1) is 26.8. The average Bonchev–Trinajstić information content (AvgIpc) is 3.41. The van der Waals surface area contributed by atoms with Crippen LogP contribution in [0.25, 0.3) is 11.3 Å². The van der Waals surface area contributed by atoms with Gasteiger partial charge in [-0.15, -0.1) is 0 Å². The lowest BCUT2D eigenvalue weighted by Crippen LogP contribution is -2.15. The van der Waals surface area contributed by atoms with Crippen LogP contribution in [0.3, 0.4) is 0 Å². The molecule has 2 N–H and O–H groups in total. The highest BCUT2D eigenvalue weighted by Gasteiger charge is 2.22. The monoisotopic (exact) mass is 569 g/mol. The number of nitrogens with zero attached hydrogens (tertiary/aromatic N) is 1. The number of thiazole rings is 1. The van der Waals surface area contributed by atoms with Crippen LogP contribution in [-0.2, 0) is 10.0 Å².